The van der Waals surface area contributed by atoms with Crippen LogP contribution in [0.4, 0.5) is 0 Å². The van der Waals surface area contributed by atoms with E-state index in [1.165, 1.54) is 33.5 Å². The summed E-state index contributed by atoms with van der Waals surface area (Å²) in [5, 5.41) is 29.4. The third kappa shape index (κ3) is 2.99. The molecule has 0 radical (unpaired) electrons. The Bertz CT molecular complexity index is 2320. The lowest BCUT2D eigenvalue weighted by atomic mass is 9.84. The summed E-state index contributed by atoms with van der Waals surface area (Å²) < 4.78 is 19.5. The number of hydrogen-bond donors (Lipinski definition) is 2. The molecule has 214 valence electrons. The minimum atomic E-state index is -0.406. The van der Waals surface area contributed by atoms with E-state index in [4.69, 9.17) is 14.2 Å². The molecule has 0 saturated heterocycles. The van der Waals surface area contributed by atoms with Crippen LogP contribution in [0.3, 0.4) is 0 Å². The molecule has 1 aliphatic rings. The Morgan fingerprint density at radius 3 is 1.88 bits per heavy atom. The quantitative estimate of drug-likeness (QED) is 0.125. The van der Waals surface area contributed by atoms with E-state index in [9.17, 15) is 19.8 Å². The molecule has 0 aliphatic heterocycles. The van der Waals surface area contributed by atoms with Crippen molar-refractivity contribution in [2.24, 2.45) is 0 Å². The molecule has 7 rings (SSSR count). The van der Waals surface area contributed by atoms with Crippen molar-refractivity contribution in [3.63, 3.8) is 0 Å². The number of ether oxygens (including phenoxy) is 3. The van der Waals surface area contributed by atoms with Crippen molar-refractivity contribution in [1.82, 2.24) is 0 Å². The van der Waals surface area contributed by atoms with Crippen LogP contribution < -0.4 is 34.9 Å². The number of phenolic OH excluding ortho intramolecular Hbond substituents is 2. The van der Waals surface area contributed by atoms with Crippen molar-refractivity contribution in [3.05, 3.63) is 49.1 Å². The highest BCUT2D eigenvalue weighted by Gasteiger charge is 2.36. The molecule has 0 unspecified atom stereocenters. The molecule has 0 saturated carbocycles. The first kappa shape index (κ1) is 26.3. The van der Waals surface area contributed by atoms with Gasteiger partial charge in [-0.2, -0.15) is 4.57 Å². The standard InChI is InChI=1S/C34H31NO7/c1-7-8-9-10-35-15(3)21-14(2)11-16-22-27-24(33(39)34(16)42-6)18(37)13-19(40-4)25(27)26-20(41-5)12-17(36)23-29(26)28(22)30(21)31(35)32(23)38/h12-13H,7-11H2,1-6H3,(H-,36,37,38,39)/p+1. The van der Waals surface area contributed by atoms with Crippen molar-refractivity contribution in [1.29, 1.82) is 0 Å². The first-order valence-corrected chi connectivity index (χ1v) is 14.3. The number of phenols is 2. The average molecular weight is 567 g/mol. The molecular formula is C34H32NO7+. The average Bonchev–Trinajstić information content (AvgIpc) is 3.18. The second-order valence-electron chi connectivity index (χ2n) is 11.4. The Kier molecular flexibility index (Phi) is 5.61. The van der Waals surface area contributed by atoms with Gasteiger partial charge in [0.15, 0.2) is 28.1 Å². The summed E-state index contributed by atoms with van der Waals surface area (Å²) in [7, 11) is 4.46. The summed E-state index contributed by atoms with van der Waals surface area (Å²) in [5.74, 6) is 0.529. The summed E-state index contributed by atoms with van der Waals surface area (Å²) in [4.78, 5) is 27.5. The zero-order chi connectivity index (χ0) is 29.8. The minimum absolute atomic E-state index is 0.0652. The first-order chi connectivity index (χ1) is 20.2. The van der Waals surface area contributed by atoms with E-state index in [1.807, 2.05) is 6.92 Å². The number of aromatic nitrogens is 1. The maximum absolute atomic E-state index is 13.8. The maximum Gasteiger partial charge on any atom is 0.257 e. The van der Waals surface area contributed by atoms with Gasteiger partial charge in [-0.1, -0.05) is 18.9 Å². The number of aryl methyl sites for hydroxylation is 1. The number of rotatable bonds is 7. The summed E-state index contributed by atoms with van der Waals surface area (Å²) in [6.07, 6.45) is 3.44. The largest absolute Gasteiger partial charge is 0.504 e. The predicted octanol–water partition coefficient (Wildman–Crippen LogP) is 4.72. The third-order valence-corrected chi connectivity index (χ3v) is 9.27. The molecule has 8 heteroatoms. The summed E-state index contributed by atoms with van der Waals surface area (Å²) in [6, 6.07) is 2.73. The van der Waals surface area contributed by atoms with E-state index >= 15 is 0 Å². The lowest BCUT2D eigenvalue weighted by molar-refractivity contribution is -0.676. The van der Waals surface area contributed by atoms with Gasteiger partial charge in [0, 0.05) is 58.0 Å². The van der Waals surface area contributed by atoms with Crippen LogP contribution in [0, 0.1) is 6.92 Å². The molecule has 42 heavy (non-hydrogen) atoms. The molecule has 0 bridgehead atoms. The monoisotopic (exact) mass is 566 g/mol. The Morgan fingerprint density at radius 1 is 0.738 bits per heavy atom. The lowest BCUT2D eigenvalue weighted by Crippen LogP contribution is -2.37. The van der Waals surface area contributed by atoms with E-state index < -0.39 is 5.43 Å². The third-order valence-electron chi connectivity index (χ3n) is 9.27. The van der Waals surface area contributed by atoms with Crippen LogP contribution in [0.5, 0.6) is 28.7 Å². The first-order valence-electron chi connectivity index (χ1n) is 14.3. The summed E-state index contributed by atoms with van der Waals surface area (Å²) in [6.45, 7) is 6.94. The second-order valence-corrected chi connectivity index (χ2v) is 11.4. The van der Waals surface area contributed by atoms with Gasteiger partial charge in [-0.3, -0.25) is 9.59 Å². The van der Waals surface area contributed by atoms with Crippen LogP contribution in [-0.4, -0.2) is 31.5 Å². The molecule has 2 N–H and O–H groups in total. The van der Waals surface area contributed by atoms with Crippen molar-refractivity contribution in [3.8, 4) is 28.7 Å². The molecule has 8 nitrogen and oxygen atoms in total. The van der Waals surface area contributed by atoms with E-state index in [0.717, 1.165) is 52.1 Å². The van der Waals surface area contributed by atoms with E-state index in [0.29, 0.717) is 56.9 Å². The normalized spacial score (nSPS) is 13.1. The van der Waals surface area contributed by atoms with Crippen LogP contribution in [-0.2, 0) is 13.0 Å². The fourth-order valence-corrected chi connectivity index (χ4v) is 7.64. The fourth-order valence-electron chi connectivity index (χ4n) is 7.64. The molecule has 0 spiro atoms. The van der Waals surface area contributed by atoms with Crippen LogP contribution in [0.25, 0.3) is 59.6 Å². The molecule has 0 amide bonds. The maximum atomic E-state index is 13.8. The molecule has 0 fully saturated rings. The molecule has 5 aromatic carbocycles. The van der Waals surface area contributed by atoms with Gasteiger partial charge in [-0.25, -0.2) is 0 Å². The topological polar surface area (TPSA) is 106 Å². The second kappa shape index (κ2) is 8.95. The van der Waals surface area contributed by atoms with Crippen LogP contribution in [0.2, 0.25) is 0 Å². The van der Waals surface area contributed by atoms with Gasteiger partial charge in [0.25, 0.3) is 5.52 Å². The van der Waals surface area contributed by atoms with E-state index in [1.54, 1.807) is 0 Å². The number of nitrogens with zero attached hydrogens (tertiary/aromatic N) is 1. The highest BCUT2D eigenvalue weighted by atomic mass is 16.5. The zero-order valence-electron chi connectivity index (χ0n) is 24.6. The van der Waals surface area contributed by atoms with Gasteiger partial charge < -0.3 is 24.4 Å². The molecular weight excluding hydrogens is 534 g/mol. The Labute approximate surface area is 240 Å². The molecule has 1 aliphatic carbocycles. The van der Waals surface area contributed by atoms with Crippen LogP contribution in [0.1, 0.15) is 44.4 Å². The molecule has 0 atom stereocenters. The smallest absolute Gasteiger partial charge is 0.257 e. The number of benzene rings is 5. The van der Waals surface area contributed by atoms with Crippen LogP contribution in [0.15, 0.2) is 21.7 Å². The van der Waals surface area contributed by atoms with Gasteiger partial charge in [0.05, 0.1) is 42.7 Å². The predicted molar refractivity (Wildman–Crippen MR) is 164 cm³/mol. The fraction of sp³-hybridized carbons (Fsp3) is 0.324. The van der Waals surface area contributed by atoms with Gasteiger partial charge >= 0.3 is 0 Å². The number of hydrogen-bond acceptors (Lipinski definition) is 7. The summed E-state index contributed by atoms with van der Waals surface area (Å²) >= 11 is 0. The van der Waals surface area contributed by atoms with Crippen molar-refractivity contribution >= 4 is 59.6 Å². The highest BCUT2D eigenvalue weighted by molar-refractivity contribution is 6.42. The minimum Gasteiger partial charge on any atom is -0.504 e. The van der Waals surface area contributed by atoms with E-state index in [-0.39, 0.29) is 33.4 Å². The molecule has 1 aromatic heterocycles. The number of aromatic hydroxyl groups is 2. The Hall–Kier alpha value is -4.59. The number of fused-ring (bicyclic) bond motifs is 1. The van der Waals surface area contributed by atoms with Gasteiger partial charge in [0.1, 0.15) is 18.0 Å². The molecule has 6 aromatic rings. The van der Waals surface area contributed by atoms with Crippen LogP contribution >= 0.6 is 0 Å². The SMILES string of the molecule is CCCCC[n+]1c(C)c2c3c4c5c(c(OC)c(O)c6c(=O)cc(OC)c(c7c(OC)cc(=O)c(c(O)c31)c74)c65)CC=2C. The van der Waals surface area contributed by atoms with Crippen molar-refractivity contribution < 1.29 is 29.0 Å². The number of methoxy groups -OCH3 is 3. The van der Waals surface area contributed by atoms with E-state index in [2.05, 4.69) is 18.4 Å². The molecule has 1 heterocycles. The van der Waals surface area contributed by atoms with Gasteiger partial charge in [0.2, 0.25) is 5.75 Å². The van der Waals surface area contributed by atoms with Crippen molar-refractivity contribution in [2.45, 2.75) is 53.0 Å². The van der Waals surface area contributed by atoms with Gasteiger partial charge in [-0.05, 0) is 25.2 Å². The lowest BCUT2D eigenvalue weighted by Gasteiger charge is -2.22. The summed E-state index contributed by atoms with van der Waals surface area (Å²) in [5.41, 5.74) is 2.58. The van der Waals surface area contributed by atoms with Gasteiger partial charge in [-0.15, -0.1) is 0 Å². The Balaban J connectivity index is 1.97. The highest BCUT2D eigenvalue weighted by Crippen LogP contribution is 2.54. The Morgan fingerprint density at radius 2 is 1.31 bits per heavy atom. The van der Waals surface area contributed by atoms with Crippen molar-refractivity contribution in [2.75, 3.05) is 21.3 Å². The zero-order valence-corrected chi connectivity index (χ0v) is 24.6. The number of unbranched alkanes of at least 4 members (excludes halogenated alkanes) is 2.